The first kappa shape index (κ1) is 18.8. The summed E-state index contributed by atoms with van der Waals surface area (Å²) in [6.45, 7) is 2.49. The van der Waals surface area contributed by atoms with Crippen molar-refractivity contribution in [1.82, 2.24) is 24.3 Å². The molecule has 1 saturated heterocycles. The van der Waals surface area contributed by atoms with Crippen molar-refractivity contribution < 1.29 is 0 Å². The number of fused-ring (bicyclic) bond motifs is 2. The second kappa shape index (κ2) is 7.12. The van der Waals surface area contributed by atoms with Crippen molar-refractivity contribution in [3.8, 4) is 22.5 Å². The van der Waals surface area contributed by atoms with Gasteiger partial charge in [-0.15, -0.1) is 0 Å². The van der Waals surface area contributed by atoms with Crippen LogP contribution in [0.4, 0.5) is 5.82 Å². The maximum absolute atomic E-state index is 6.37. The first-order valence-corrected chi connectivity index (χ1v) is 11.6. The van der Waals surface area contributed by atoms with Crippen LogP contribution < -0.4 is 5.73 Å². The van der Waals surface area contributed by atoms with E-state index < -0.39 is 0 Å². The second-order valence-electron chi connectivity index (χ2n) is 9.18. The van der Waals surface area contributed by atoms with Crippen LogP contribution in [-0.2, 0) is 0 Å². The van der Waals surface area contributed by atoms with Crippen molar-refractivity contribution in [1.29, 1.82) is 0 Å². The van der Waals surface area contributed by atoms with Crippen molar-refractivity contribution in [2.75, 3.05) is 18.8 Å². The van der Waals surface area contributed by atoms with E-state index in [1.54, 1.807) is 6.20 Å². The predicted molar refractivity (Wildman–Crippen MR) is 131 cm³/mol. The molecule has 0 radical (unpaired) electrons. The maximum atomic E-state index is 6.37. The van der Waals surface area contributed by atoms with Gasteiger partial charge >= 0.3 is 0 Å². The molecule has 4 heterocycles. The van der Waals surface area contributed by atoms with Crippen LogP contribution in [0.3, 0.4) is 0 Å². The fourth-order valence-electron chi connectivity index (χ4n) is 5.13. The van der Waals surface area contributed by atoms with Crippen LogP contribution >= 0.6 is 0 Å². The molecular formula is C27H24N6. The van der Waals surface area contributed by atoms with E-state index in [2.05, 4.69) is 56.7 Å². The van der Waals surface area contributed by atoms with Crippen LogP contribution in [0.5, 0.6) is 0 Å². The lowest BCUT2D eigenvalue weighted by Gasteiger charge is -2.35. The molecule has 2 N–H and O–H groups in total. The van der Waals surface area contributed by atoms with E-state index in [-0.39, 0.29) is 0 Å². The van der Waals surface area contributed by atoms with Gasteiger partial charge < -0.3 is 5.73 Å². The van der Waals surface area contributed by atoms with Crippen LogP contribution in [0.15, 0.2) is 73.1 Å². The molecule has 6 nitrogen and oxygen atoms in total. The van der Waals surface area contributed by atoms with Crippen LogP contribution in [0, 0.1) is 0 Å². The van der Waals surface area contributed by atoms with Gasteiger partial charge in [-0.2, -0.15) is 0 Å². The van der Waals surface area contributed by atoms with E-state index in [4.69, 9.17) is 15.7 Å². The van der Waals surface area contributed by atoms with Gasteiger partial charge in [-0.3, -0.25) is 9.30 Å². The quantitative estimate of drug-likeness (QED) is 0.415. The minimum Gasteiger partial charge on any atom is -0.382 e. The molecule has 0 unspecified atom stereocenters. The van der Waals surface area contributed by atoms with Gasteiger partial charge in [0.2, 0.25) is 0 Å². The Morgan fingerprint density at radius 3 is 2.52 bits per heavy atom. The largest absolute Gasteiger partial charge is 0.382 e. The van der Waals surface area contributed by atoms with Crippen molar-refractivity contribution >= 4 is 22.2 Å². The lowest BCUT2D eigenvalue weighted by atomic mass is 9.79. The van der Waals surface area contributed by atoms with Gasteiger partial charge in [0.25, 0.3) is 0 Å². The van der Waals surface area contributed by atoms with Gasteiger partial charge in [0, 0.05) is 54.0 Å². The summed E-state index contributed by atoms with van der Waals surface area (Å²) in [4.78, 5) is 17.0. The summed E-state index contributed by atoms with van der Waals surface area (Å²) in [6.07, 6.45) is 6.10. The third-order valence-corrected chi connectivity index (χ3v) is 7.12. The summed E-state index contributed by atoms with van der Waals surface area (Å²) < 4.78 is 2.15. The van der Waals surface area contributed by atoms with Gasteiger partial charge in [0.05, 0.1) is 11.2 Å². The van der Waals surface area contributed by atoms with E-state index in [1.807, 2.05) is 24.4 Å². The molecule has 1 aliphatic carbocycles. The Morgan fingerprint density at radius 1 is 0.879 bits per heavy atom. The molecule has 0 amide bonds. The summed E-state index contributed by atoms with van der Waals surface area (Å²) in [5.74, 6) is 2.07. The fourth-order valence-corrected chi connectivity index (χ4v) is 5.13. The number of rotatable bonds is 4. The highest BCUT2D eigenvalue weighted by atomic mass is 15.3. The zero-order chi connectivity index (χ0) is 21.9. The third kappa shape index (κ3) is 3.09. The molecule has 0 bridgehead atoms. The van der Waals surface area contributed by atoms with Gasteiger partial charge in [0.1, 0.15) is 22.9 Å². The highest BCUT2D eigenvalue weighted by Crippen LogP contribution is 2.43. The molecule has 1 aliphatic heterocycles. The number of nitrogens with zero attached hydrogens (tertiary/aromatic N) is 5. The van der Waals surface area contributed by atoms with Crippen molar-refractivity contribution in [2.45, 2.75) is 24.8 Å². The predicted octanol–water partition coefficient (Wildman–Crippen LogP) is 4.76. The summed E-state index contributed by atoms with van der Waals surface area (Å²) in [5, 5.41) is 1.11. The summed E-state index contributed by atoms with van der Waals surface area (Å²) in [7, 11) is 0. The zero-order valence-electron chi connectivity index (χ0n) is 18.2. The molecule has 0 atom stereocenters. The van der Waals surface area contributed by atoms with Crippen molar-refractivity contribution in [3.05, 3.63) is 78.9 Å². The van der Waals surface area contributed by atoms with Crippen molar-refractivity contribution in [2.24, 2.45) is 0 Å². The lowest BCUT2D eigenvalue weighted by Crippen LogP contribution is -2.34. The Morgan fingerprint density at radius 2 is 1.70 bits per heavy atom. The smallest absolute Gasteiger partial charge is 0.150 e. The van der Waals surface area contributed by atoms with Crippen LogP contribution in [0.1, 0.15) is 24.6 Å². The molecule has 1 saturated carbocycles. The Kier molecular flexibility index (Phi) is 4.05. The van der Waals surface area contributed by atoms with E-state index in [0.29, 0.717) is 17.8 Å². The molecule has 2 aliphatic rings. The first-order chi connectivity index (χ1) is 16.2. The SMILES string of the molecule is Nc1nccn2c(C3CC(N4CC4)C3)nc(-c3ccc4ccc(-c5ccccc5)nc4c3)c12. The van der Waals surface area contributed by atoms with Crippen LogP contribution in [0.2, 0.25) is 0 Å². The van der Waals surface area contributed by atoms with E-state index in [1.165, 1.54) is 25.9 Å². The molecule has 2 aromatic carbocycles. The van der Waals surface area contributed by atoms with E-state index >= 15 is 0 Å². The van der Waals surface area contributed by atoms with Gasteiger partial charge in [0.15, 0.2) is 0 Å². The first-order valence-electron chi connectivity index (χ1n) is 11.6. The maximum Gasteiger partial charge on any atom is 0.150 e. The van der Waals surface area contributed by atoms with Crippen LogP contribution in [-0.4, -0.2) is 43.4 Å². The summed E-state index contributed by atoms with van der Waals surface area (Å²) >= 11 is 0. The second-order valence-corrected chi connectivity index (χ2v) is 9.18. The Labute approximate surface area is 191 Å². The molecule has 162 valence electrons. The highest BCUT2D eigenvalue weighted by Gasteiger charge is 2.41. The number of nitrogens with two attached hydrogens (primary N) is 1. The summed E-state index contributed by atoms with van der Waals surface area (Å²) in [5.41, 5.74) is 12.2. The van der Waals surface area contributed by atoms with Crippen molar-refractivity contribution in [3.63, 3.8) is 0 Å². The third-order valence-electron chi connectivity index (χ3n) is 7.12. The zero-order valence-corrected chi connectivity index (χ0v) is 18.2. The average molecular weight is 433 g/mol. The van der Waals surface area contributed by atoms with Gasteiger partial charge in [-0.1, -0.05) is 48.5 Å². The normalized spacial score (nSPS) is 20.2. The number of anilines is 1. The minimum atomic E-state index is 0.460. The molecule has 7 rings (SSSR count). The van der Waals surface area contributed by atoms with Gasteiger partial charge in [-0.05, 0) is 25.0 Å². The summed E-state index contributed by atoms with van der Waals surface area (Å²) in [6, 6.07) is 21.5. The van der Waals surface area contributed by atoms with E-state index in [0.717, 1.165) is 44.8 Å². The van der Waals surface area contributed by atoms with Crippen LogP contribution in [0.25, 0.3) is 38.9 Å². The molecule has 0 spiro atoms. The molecule has 3 aromatic heterocycles. The standard InChI is InChI=1S/C27H24N6/c28-26-25-24(31-27(33(25)11-10-29-26)20-14-21(15-20)32-12-13-32)19-7-6-18-8-9-22(30-23(18)16-19)17-4-2-1-3-5-17/h1-11,16,20-21H,12-15H2,(H2,28,29). The number of hydrogen-bond donors (Lipinski definition) is 1. The highest BCUT2D eigenvalue weighted by molar-refractivity contribution is 5.91. The number of benzene rings is 2. The fraction of sp³-hybridized carbons (Fsp3) is 0.222. The topological polar surface area (TPSA) is 72.1 Å². The van der Waals surface area contributed by atoms with Gasteiger partial charge in [-0.25, -0.2) is 15.0 Å². The number of nitrogen functional groups attached to an aromatic ring is 1. The number of pyridine rings is 1. The minimum absolute atomic E-state index is 0.460. The molecule has 5 aromatic rings. The molecule has 6 heteroatoms. The number of aromatic nitrogens is 4. The van der Waals surface area contributed by atoms with E-state index in [9.17, 15) is 0 Å². The number of imidazole rings is 1. The Bertz CT molecular complexity index is 1500. The Hall–Kier alpha value is -3.77. The lowest BCUT2D eigenvalue weighted by molar-refractivity contribution is 0.216. The molecule has 33 heavy (non-hydrogen) atoms. The molecule has 2 fully saturated rings. The molecular weight excluding hydrogens is 408 g/mol. The number of hydrogen-bond acceptors (Lipinski definition) is 5. The average Bonchev–Trinajstić information content (AvgIpc) is 3.58. The monoisotopic (exact) mass is 432 g/mol. The Balaban J connectivity index is 1.34.